The SMILES string of the molecule is O=C(NCCNCC(O)COc1ccccc1Cl)Nc1ccccc1. The maximum atomic E-state index is 11.7. The van der Waals surface area contributed by atoms with Crippen LogP contribution in [0.3, 0.4) is 0 Å². The van der Waals surface area contributed by atoms with Crippen LogP contribution in [-0.4, -0.2) is 43.5 Å². The van der Waals surface area contributed by atoms with Gasteiger partial charge in [-0.1, -0.05) is 41.9 Å². The number of aliphatic hydroxyl groups is 1. The number of nitrogens with one attached hydrogen (secondary N) is 3. The Hall–Kier alpha value is -2.28. The maximum Gasteiger partial charge on any atom is 0.319 e. The van der Waals surface area contributed by atoms with Gasteiger partial charge in [-0.15, -0.1) is 0 Å². The zero-order valence-electron chi connectivity index (χ0n) is 13.7. The second-order valence-electron chi connectivity index (χ2n) is 5.35. The van der Waals surface area contributed by atoms with Crippen molar-refractivity contribution in [1.82, 2.24) is 10.6 Å². The Labute approximate surface area is 152 Å². The first-order chi connectivity index (χ1) is 12.1. The normalized spacial score (nSPS) is 11.6. The van der Waals surface area contributed by atoms with E-state index in [4.69, 9.17) is 16.3 Å². The summed E-state index contributed by atoms with van der Waals surface area (Å²) in [6.07, 6.45) is -0.672. The molecule has 2 amide bonds. The zero-order chi connectivity index (χ0) is 17.9. The number of anilines is 1. The number of carbonyl (C=O) groups is 1. The van der Waals surface area contributed by atoms with Gasteiger partial charge < -0.3 is 25.8 Å². The molecule has 2 rings (SSSR count). The molecule has 25 heavy (non-hydrogen) atoms. The van der Waals surface area contributed by atoms with E-state index in [0.717, 1.165) is 5.69 Å². The van der Waals surface area contributed by atoms with E-state index >= 15 is 0 Å². The molecule has 0 bridgehead atoms. The summed E-state index contributed by atoms with van der Waals surface area (Å²) in [6.45, 7) is 1.47. The van der Waals surface area contributed by atoms with Crippen molar-refractivity contribution < 1.29 is 14.6 Å². The fraction of sp³-hybridized carbons (Fsp3) is 0.278. The number of amides is 2. The van der Waals surface area contributed by atoms with Gasteiger partial charge in [-0.2, -0.15) is 0 Å². The molecule has 0 radical (unpaired) electrons. The Bertz CT molecular complexity index is 655. The van der Waals surface area contributed by atoms with Gasteiger partial charge in [0.1, 0.15) is 18.5 Å². The van der Waals surface area contributed by atoms with Crippen LogP contribution < -0.4 is 20.7 Å². The highest BCUT2D eigenvalue weighted by atomic mass is 35.5. The van der Waals surface area contributed by atoms with Crippen LogP contribution in [0, 0.1) is 0 Å². The third kappa shape index (κ3) is 7.43. The summed E-state index contributed by atoms with van der Waals surface area (Å²) in [5.74, 6) is 0.544. The van der Waals surface area contributed by atoms with Crippen molar-refractivity contribution in [3.05, 3.63) is 59.6 Å². The lowest BCUT2D eigenvalue weighted by Crippen LogP contribution is -2.38. The van der Waals surface area contributed by atoms with Crippen LogP contribution >= 0.6 is 11.6 Å². The van der Waals surface area contributed by atoms with Crippen LogP contribution in [0.2, 0.25) is 5.02 Å². The van der Waals surface area contributed by atoms with E-state index in [-0.39, 0.29) is 12.6 Å². The molecular formula is C18H22ClN3O3. The predicted octanol–water partition coefficient (Wildman–Crippen LogP) is 2.49. The lowest BCUT2D eigenvalue weighted by Gasteiger charge is -2.14. The van der Waals surface area contributed by atoms with Crippen LogP contribution in [0.5, 0.6) is 5.75 Å². The van der Waals surface area contributed by atoms with Gasteiger partial charge in [0.05, 0.1) is 5.02 Å². The molecule has 6 nitrogen and oxygen atoms in total. The van der Waals surface area contributed by atoms with Crippen LogP contribution in [0.1, 0.15) is 0 Å². The number of rotatable bonds is 9. The van der Waals surface area contributed by atoms with Gasteiger partial charge in [-0.05, 0) is 24.3 Å². The van der Waals surface area contributed by atoms with Crippen molar-refractivity contribution in [2.24, 2.45) is 0 Å². The van der Waals surface area contributed by atoms with Crippen molar-refractivity contribution in [1.29, 1.82) is 0 Å². The standard InChI is InChI=1S/C18H22ClN3O3/c19-16-8-4-5-9-17(16)25-13-15(23)12-20-10-11-21-18(24)22-14-6-2-1-3-7-14/h1-9,15,20,23H,10-13H2,(H2,21,22,24). The number of para-hydroxylation sites is 2. The Balaban J connectivity index is 1.53. The van der Waals surface area contributed by atoms with Crippen LogP contribution in [0.25, 0.3) is 0 Å². The third-order valence-corrected chi connectivity index (χ3v) is 3.58. The fourth-order valence-corrected chi connectivity index (χ4v) is 2.23. The van der Waals surface area contributed by atoms with Crippen molar-refractivity contribution in [3.63, 3.8) is 0 Å². The van der Waals surface area contributed by atoms with Crippen molar-refractivity contribution >= 4 is 23.3 Å². The Morgan fingerprint density at radius 3 is 2.56 bits per heavy atom. The molecule has 7 heteroatoms. The molecule has 0 heterocycles. The summed E-state index contributed by atoms with van der Waals surface area (Å²) < 4.78 is 5.46. The van der Waals surface area contributed by atoms with E-state index in [9.17, 15) is 9.90 Å². The number of aliphatic hydroxyl groups excluding tert-OH is 1. The second kappa shape index (κ2) is 10.6. The highest BCUT2D eigenvalue weighted by Crippen LogP contribution is 2.22. The molecule has 0 spiro atoms. The fourth-order valence-electron chi connectivity index (χ4n) is 2.04. The van der Waals surface area contributed by atoms with Gasteiger partial charge in [-0.25, -0.2) is 4.79 Å². The van der Waals surface area contributed by atoms with Gasteiger partial charge in [0.15, 0.2) is 0 Å². The number of hydrogen-bond acceptors (Lipinski definition) is 4. The number of hydrogen-bond donors (Lipinski definition) is 4. The summed E-state index contributed by atoms with van der Waals surface area (Å²) in [6, 6.07) is 16.0. The van der Waals surface area contributed by atoms with E-state index in [1.165, 1.54) is 0 Å². The number of urea groups is 1. The first-order valence-corrected chi connectivity index (χ1v) is 8.39. The highest BCUT2D eigenvalue weighted by Gasteiger charge is 2.07. The molecule has 1 unspecified atom stereocenters. The molecule has 134 valence electrons. The topological polar surface area (TPSA) is 82.6 Å². The molecule has 2 aromatic carbocycles. The van der Waals surface area contributed by atoms with Crippen LogP contribution in [0.15, 0.2) is 54.6 Å². The minimum absolute atomic E-state index is 0.138. The minimum atomic E-state index is -0.672. The average molecular weight is 364 g/mol. The van der Waals surface area contributed by atoms with Crippen molar-refractivity contribution in [2.75, 3.05) is 31.6 Å². The summed E-state index contributed by atoms with van der Waals surface area (Å²) in [4.78, 5) is 11.7. The van der Waals surface area contributed by atoms with Crippen molar-refractivity contribution in [3.8, 4) is 5.75 Å². The summed E-state index contributed by atoms with van der Waals surface area (Å²) in [5.41, 5.74) is 0.736. The van der Waals surface area contributed by atoms with Gasteiger partial charge in [-0.3, -0.25) is 0 Å². The second-order valence-corrected chi connectivity index (χ2v) is 5.75. The van der Waals surface area contributed by atoms with Gasteiger partial charge >= 0.3 is 6.03 Å². The first kappa shape index (κ1) is 19.1. The van der Waals surface area contributed by atoms with E-state index in [1.54, 1.807) is 12.1 Å². The summed E-state index contributed by atoms with van der Waals surface area (Å²) in [7, 11) is 0. The lowest BCUT2D eigenvalue weighted by atomic mass is 10.3. The lowest BCUT2D eigenvalue weighted by molar-refractivity contribution is 0.107. The molecule has 4 N–H and O–H groups in total. The number of halogens is 1. The van der Waals surface area contributed by atoms with Crippen LogP contribution in [-0.2, 0) is 0 Å². The zero-order valence-corrected chi connectivity index (χ0v) is 14.5. The molecule has 2 aromatic rings. The van der Waals surface area contributed by atoms with Crippen molar-refractivity contribution in [2.45, 2.75) is 6.10 Å². The van der Waals surface area contributed by atoms with E-state index in [0.29, 0.717) is 30.4 Å². The quantitative estimate of drug-likeness (QED) is 0.516. The predicted molar refractivity (Wildman–Crippen MR) is 99.3 cm³/mol. The molecule has 0 aliphatic carbocycles. The minimum Gasteiger partial charge on any atom is -0.489 e. The number of ether oxygens (including phenoxy) is 1. The van der Waals surface area contributed by atoms with Gasteiger partial charge in [0.25, 0.3) is 0 Å². The van der Waals surface area contributed by atoms with Gasteiger partial charge in [0, 0.05) is 25.3 Å². The van der Waals surface area contributed by atoms with Gasteiger partial charge in [0.2, 0.25) is 0 Å². The molecular weight excluding hydrogens is 342 g/mol. The van der Waals surface area contributed by atoms with E-state index in [2.05, 4.69) is 16.0 Å². The molecule has 1 atom stereocenters. The Morgan fingerprint density at radius 2 is 1.80 bits per heavy atom. The largest absolute Gasteiger partial charge is 0.489 e. The Morgan fingerprint density at radius 1 is 1.08 bits per heavy atom. The molecule has 0 fully saturated rings. The highest BCUT2D eigenvalue weighted by molar-refractivity contribution is 6.32. The summed E-state index contributed by atoms with van der Waals surface area (Å²) in [5, 5.41) is 18.9. The van der Waals surface area contributed by atoms with Crippen LogP contribution in [0.4, 0.5) is 10.5 Å². The maximum absolute atomic E-state index is 11.7. The average Bonchev–Trinajstić information content (AvgIpc) is 2.61. The molecule has 0 aliphatic heterocycles. The molecule has 0 aliphatic rings. The smallest absolute Gasteiger partial charge is 0.319 e. The molecule has 0 aromatic heterocycles. The molecule has 0 saturated carbocycles. The monoisotopic (exact) mass is 363 g/mol. The van der Waals surface area contributed by atoms with E-state index in [1.807, 2.05) is 42.5 Å². The summed E-state index contributed by atoms with van der Waals surface area (Å²) >= 11 is 5.97. The number of benzene rings is 2. The number of carbonyl (C=O) groups excluding carboxylic acids is 1. The first-order valence-electron chi connectivity index (χ1n) is 8.01. The molecule has 0 saturated heterocycles. The van der Waals surface area contributed by atoms with E-state index < -0.39 is 6.10 Å². The third-order valence-electron chi connectivity index (χ3n) is 3.27. The Kier molecular flexibility index (Phi) is 8.04.